The number of carbonyl (C=O) groups excluding carboxylic acids is 1. The van der Waals surface area contributed by atoms with Crippen LogP contribution in [0.1, 0.15) is 49.4 Å². The molecule has 10 heteroatoms. The maximum Gasteiger partial charge on any atom is 0.248 e. The lowest BCUT2D eigenvalue weighted by atomic mass is 9.91. The number of nitriles is 1. The number of morpholine rings is 1. The smallest absolute Gasteiger partial charge is 0.248 e. The highest BCUT2D eigenvalue weighted by atomic mass is 35.5. The average molecular weight is 604 g/mol. The molecule has 1 aromatic heterocycles. The van der Waals surface area contributed by atoms with E-state index < -0.39 is 0 Å². The lowest BCUT2D eigenvalue weighted by molar-refractivity contribution is -0.111. The molecule has 2 aliphatic heterocycles. The summed E-state index contributed by atoms with van der Waals surface area (Å²) in [6.07, 6.45) is 5.85. The van der Waals surface area contributed by atoms with E-state index in [4.69, 9.17) is 30.8 Å². The molecule has 0 aliphatic carbocycles. The highest BCUT2D eigenvalue weighted by Crippen LogP contribution is 2.39. The van der Waals surface area contributed by atoms with Gasteiger partial charge in [-0.1, -0.05) is 30.7 Å². The quantitative estimate of drug-likeness (QED) is 0.264. The van der Waals surface area contributed by atoms with Crippen molar-refractivity contribution in [2.75, 3.05) is 63.3 Å². The van der Waals surface area contributed by atoms with E-state index in [2.05, 4.69) is 27.7 Å². The Hall–Kier alpha value is -3.68. The minimum absolute atomic E-state index is 0.266. The highest BCUT2D eigenvalue weighted by Gasteiger charge is 2.21. The first-order valence-corrected chi connectivity index (χ1v) is 15.3. The van der Waals surface area contributed by atoms with Crippen LogP contribution in [0.3, 0.4) is 0 Å². The number of rotatable bonds is 10. The number of amides is 1. The fraction of sp³-hybridized carbons (Fsp3) is 0.424. The Morgan fingerprint density at radius 1 is 1.16 bits per heavy atom. The summed E-state index contributed by atoms with van der Waals surface area (Å²) in [4.78, 5) is 20.0. The fourth-order valence-electron chi connectivity index (χ4n) is 5.58. The molecule has 0 saturated carbocycles. The number of hydrogen-bond acceptors (Lipinski definition) is 8. The van der Waals surface area contributed by atoms with Crippen LogP contribution in [-0.2, 0) is 20.7 Å². The van der Waals surface area contributed by atoms with Gasteiger partial charge in [0.25, 0.3) is 0 Å². The lowest BCUT2D eigenvalue weighted by Crippen LogP contribution is -2.36. The molecule has 9 nitrogen and oxygen atoms in total. The lowest BCUT2D eigenvalue weighted by Gasteiger charge is -2.25. The van der Waals surface area contributed by atoms with Crippen LogP contribution in [0.15, 0.2) is 42.5 Å². The number of ether oxygens (including phenoxy) is 3. The summed E-state index contributed by atoms with van der Waals surface area (Å²) in [6.45, 7) is 9.53. The summed E-state index contributed by atoms with van der Waals surface area (Å²) >= 11 is 6.77. The molecule has 0 atom stereocenters. The van der Waals surface area contributed by atoms with Gasteiger partial charge in [-0.3, -0.25) is 14.7 Å². The second-order valence-corrected chi connectivity index (χ2v) is 11.0. The van der Waals surface area contributed by atoms with Crippen LogP contribution >= 0.6 is 11.6 Å². The topological polar surface area (TPSA) is 109 Å². The number of nitrogens with zero attached hydrogens (tertiary/aromatic N) is 3. The van der Waals surface area contributed by atoms with Gasteiger partial charge in [-0.2, -0.15) is 5.26 Å². The largest absolute Gasteiger partial charge is 0.492 e. The molecule has 2 aliphatic rings. The van der Waals surface area contributed by atoms with Gasteiger partial charge in [-0.05, 0) is 55.9 Å². The van der Waals surface area contributed by atoms with Gasteiger partial charge in [0.2, 0.25) is 5.91 Å². The van der Waals surface area contributed by atoms with Gasteiger partial charge in [-0.15, -0.1) is 0 Å². The zero-order chi connectivity index (χ0) is 30.2. The van der Waals surface area contributed by atoms with Crippen molar-refractivity contribution < 1.29 is 19.0 Å². The Morgan fingerprint density at radius 2 is 1.93 bits per heavy atom. The predicted molar refractivity (Wildman–Crippen MR) is 170 cm³/mol. The van der Waals surface area contributed by atoms with E-state index in [-0.39, 0.29) is 5.91 Å². The third kappa shape index (κ3) is 7.46. The number of carbonyl (C=O) groups is 1. The number of anilines is 3. The van der Waals surface area contributed by atoms with E-state index in [1.165, 1.54) is 6.08 Å². The average Bonchev–Trinajstić information content (AvgIpc) is 3.02. The van der Waals surface area contributed by atoms with Crippen LogP contribution in [0.4, 0.5) is 17.1 Å². The molecule has 43 heavy (non-hydrogen) atoms. The monoisotopic (exact) mass is 603 g/mol. The number of hydrogen-bond donors (Lipinski definition) is 2. The first-order valence-electron chi connectivity index (χ1n) is 15.0. The summed E-state index contributed by atoms with van der Waals surface area (Å²) in [5.41, 5.74) is 4.77. The van der Waals surface area contributed by atoms with Gasteiger partial charge < -0.3 is 24.8 Å². The molecule has 2 aromatic carbocycles. The van der Waals surface area contributed by atoms with Crippen molar-refractivity contribution >= 4 is 45.5 Å². The van der Waals surface area contributed by atoms with Crippen LogP contribution in [0.25, 0.3) is 10.9 Å². The number of aromatic nitrogens is 1. The summed E-state index contributed by atoms with van der Waals surface area (Å²) in [6, 6.07) is 11.9. The normalized spacial score (nSPS) is 16.3. The van der Waals surface area contributed by atoms with Gasteiger partial charge in [0, 0.05) is 61.1 Å². The maximum absolute atomic E-state index is 12.9. The third-order valence-electron chi connectivity index (χ3n) is 7.83. The van der Waals surface area contributed by atoms with Gasteiger partial charge in [0.1, 0.15) is 11.8 Å². The number of nitrogens with one attached hydrogen (secondary N) is 2. The van der Waals surface area contributed by atoms with Crippen LogP contribution < -0.4 is 15.4 Å². The molecule has 1 amide bonds. The Labute approximate surface area is 257 Å². The SMILES string of the molecule is CCOc1cc2nc(CC)c(C#N)c(Nc3ccc(C4CCOCC4)c(Cl)c3)c2cc1NC(=O)/C=C/CN1CCOCC1. The van der Waals surface area contributed by atoms with Crippen molar-refractivity contribution in [3.8, 4) is 11.8 Å². The van der Waals surface area contributed by atoms with Crippen molar-refractivity contribution in [1.29, 1.82) is 5.26 Å². The summed E-state index contributed by atoms with van der Waals surface area (Å²) < 4.78 is 16.8. The van der Waals surface area contributed by atoms with E-state index in [0.717, 1.165) is 50.4 Å². The van der Waals surface area contributed by atoms with E-state index in [9.17, 15) is 10.1 Å². The molecule has 0 radical (unpaired) electrons. The Balaban J connectivity index is 1.48. The van der Waals surface area contributed by atoms with Crippen LogP contribution in [0, 0.1) is 11.3 Å². The maximum atomic E-state index is 12.9. The summed E-state index contributed by atoms with van der Waals surface area (Å²) in [5, 5.41) is 18.0. The van der Waals surface area contributed by atoms with Gasteiger partial charge in [0.15, 0.2) is 0 Å². The molecule has 5 rings (SSSR count). The summed E-state index contributed by atoms with van der Waals surface area (Å²) in [5.74, 6) is 0.612. The Morgan fingerprint density at radius 3 is 2.63 bits per heavy atom. The molecule has 0 bridgehead atoms. The predicted octanol–water partition coefficient (Wildman–Crippen LogP) is 6.19. The van der Waals surface area contributed by atoms with Crippen molar-refractivity contribution in [2.45, 2.75) is 39.0 Å². The molecular formula is C33H38ClN5O4. The second-order valence-electron chi connectivity index (χ2n) is 10.6. The van der Waals surface area contributed by atoms with Crippen molar-refractivity contribution in [3.63, 3.8) is 0 Å². The van der Waals surface area contributed by atoms with E-state index in [1.54, 1.807) is 0 Å². The van der Waals surface area contributed by atoms with Gasteiger partial charge in [-0.25, -0.2) is 0 Å². The van der Waals surface area contributed by atoms with Crippen LogP contribution in [-0.4, -0.2) is 68.5 Å². The third-order valence-corrected chi connectivity index (χ3v) is 8.16. The van der Waals surface area contributed by atoms with Gasteiger partial charge >= 0.3 is 0 Å². The fourth-order valence-corrected chi connectivity index (χ4v) is 5.91. The molecular weight excluding hydrogens is 566 g/mol. The van der Waals surface area contributed by atoms with Crippen molar-refractivity contribution in [1.82, 2.24) is 9.88 Å². The van der Waals surface area contributed by atoms with Crippen molar-refractivity contribution in [3.05, 3.63) is 64.3 Å². The number of benzene rings is 2. The molecule has 2 saturated heterocycles. The highest BCUT2D eigenvalue weighted by molar-refractivity contribution is 6.31. The first kappa shape index (κ1) is 30.8. The number of aryl methyl sites for hydroxylation is 1. The minimum atomic E-state index is -0.266. The molecule has 226 valence electrons. The molecule has 0 unspecified atom stereocenters. The minimum Gasteiger partial charge on any atom is -0.492 e. The van der Waals surface area contributed by atoms with E-state index >= 15 is 0 Å². The number of halogens is 1. The molecule has 2 N–H and O–H groups in total. The molecule has 3 aromatic rings. The number of fused-ring (bicyclic) bond motifs is 1. The zero-order valence-electron chi connectivity index (χ0n) is 24.7. The van der Waals surface area contributed by atoms with E-state index in [0.29, 0.717) is 83.0 Å². The second kappa shape index (κ2) is 14.7. The van der Waals surface area contributed by atoms with Crippen LogP contribution in [0.2, 0.25) is 5.02 Å². The van der Waals surface area contributed by atoms with Crippen LogP contribution in [0.5, 0.6) is 5.75 Å². The number of pyridine rings is 1. The Kier molecular flexibility index (Phi) is 10.5. The first-order chi connectivity index (χ1) is 21.0. The standard InChI is InChI=1S/C33H38ClN5O4/c1-3-28-26(21-35)33(36-23-7-8-24(27(34)18-23)22-9-14-41-15-10-22)25-19-30(31(43-4-2)20-29(25)37-28)38-32(40)6-5-11-39-12-16-42-17-13-39/h5-8,18-20,22H,3-4,9-17H2,1-2H3,(H,36,37)(H,38,40)/b6-5+. The van der Waals surface area contributed by atoms with Crippen molar-refractivity contribution in [2.24, 2.45) is 0 Å². The van der Waals surface area contributed by atoms with Gasteiger partial charge in [0.05, 0.1) is 48.0 Å². The molecule has 3 heterocycles. The summed E-state index contributed by atoms with van der Waals surface area (Å²) in [7, 11) is 0. The molecule has 0 spiro atoms. The van der Waals surface area contributed by atoms with E-state index in [1.807, 2.05) is 44.2 Å². The molecule has 2 fully saturated rings. The zero-order valence-corrected chi connectivity index (χ0v) is 25.5. The Bertz CT molecular complexity index is 1520.